The van der Waals surface area contributed by atoms with Gasteiger partial charge in [-0.3, -0.25) is 0 Å². The Bertz CT molecular complexity index is 752. The third-order valence-electron chi connectivity index (χ3n) is 5.61. The molecule has 1 aliphatic heterocycles. The monoisotopic (exact) mass is 416 g/mol. The molecule has 0 spiro atoms. The lowest BCUT2D eigenvalue weighted by atomic mass is 9.96. The van der Waals surface area contributed by atoms with Crippen LogP contribution in [-0.4, -0.2) is 43.1 Å². The van der Waals surface area contributed by atoms with Gasteiger partial charge < -0.3 is 14.6 Å². The van der Waals surface area contributed by atoms with E-state index in [1.807, 2.05) is 36.4 Å². The van der Waals surface area contributed by atoms with Gasteiger partial charge in [0, 0.05) is 19.4 Å². The summed E-state index contributed by atoms with van der Waals surface area (Å²) in [6.07, 6.45) is 0.452. The van der Waals surface area contributed by atoms with Crippen LogP contribution in [0.3, 0.4) is 0 Å². The lowest BCUT2D eigenvalue weighted by molar-refractivity contribution is -0.395. The molecule has 1 aliphatic rings. The molecule has 0 saturated carbocycles. The highest BCUT2D eigenvalue weighted by atomic mass is 28.4. The Morgan fingerprint density at radius 1 is 0.966 bits per heavy atom. The Morgan fingerprint density at radius 2 is 1.48 bits per heavy atom. The fourth-order valence-electron chi connectivity index (χ4n) is 4.16. The quantitative estimate of drug-likeness (QED) is 0.537. The predicted molar refractivity (Wildman–Crippen MR) is 115 cm³/mol. The maximum absolute atomic E-state index is 10.8. The summed E-state index contributed by atoms with van der Waals surface area (Å²) in [7, 11) is -2.66. The number of aliphatic hydroxyl groups excluding tert-OH is 1. The molecule has 1 saturated heterocycles. The normalized spacial score (nSPS) is 25.3. The van der Waals surface area contributed by atoms with E-state index in [1.54, 1.807) is 6.92 Å². The molecule has 2 N–H and O–H groups in total. The third kappa shape index (κ3) is 4.48. The average Bonchev–Trinajstić information content (AvgIpc) is 3.01. The second kappa shape index (κ2) is 8.30. The number of rotatable bonds is 7. The van der Waals surface area contributed by atoms with Crippen molar-refractivity contribution in [1.29, 1.82) is 0 Å². The fraction of sp³-hybridized carbons (Fsp3) is 0.478. The van der Waals surface area contributed by atoms with Gasteiger partial charge in [0.15, 0.2) is 0 Å². The number of hydrogen-bond acceptors (Lipinski definition) is 5. The van der Waals surface area contributed by atoms with E-state index in [0.29, 0.717) is 6.61 Å². The first kappa shape index (κ1) is 22.1. The number of benzene rings is 2. The molecule has 0 radical (unpaired) electrons. The van der Waals surface area contributed by atoms with Gasteiger partial charge in [-0.1, -0.05) is 81.4 Å². The molecular weight excluding hydrogens is 384 g/mol. The molecule has 0 aliphatic carbocycles. The molecule has 158 valence electrons. The molecule has 0 amide bonds. The van der Waals surface area contributed by atoms with Crippen molar-refractivity contribution in [3.8, 4) is 0 Å². The van der Waals surface area contributed by atoms with Gasteiger partial charge in [0.2, 0.25) is 5.79 Å². The van der Waals surface area contributed by atoms with E-state index in [2.05, 4.69) is 45.0 Å². The van der Waals surface area contributed by atoms with Crippen LogP contribution in [0.2, 0.25) is 5.04 Å². The zero-order chi connectivity index (χ0) is 21.2. The van der Waals surface area contributed by atoms with Crippen LogP contribution in [0, 0.1) is 0 Å². The van der Waals surface area contributed by atoms with Gasteiger partial charge in [0.25, 0.3) is 8.32 Å². The van der Waals surface area contributed by atoms with Crippen LogP contribution in [0.4, 0.5) is 0 Å². The van der Waals surface area contributed by atoms with Crippen LogP contribution in [0.5, 0.6) is 0 Å². The third-order valence-corrected chi connectivity index (χ3v) is 10.7. The summed E-state index contributed by atoms with van der Waals surface area (Å²) < 4.78 is 6.78. The molecule has 6 heteroatoms. The van der Waals surface area contributed by atoms with E-state index in [1.165, 1.54) is 10.4 Å². The molecule has 1 fully saturated rings. The highest BCUT2D eigenvalue weighted by molar-refractivity contribution is 6.99. The molecule has 2 aromatic rings. The van der Waals surface area contributed by atoms with Crippen LogP contribution >= 0.6 is 0 Å². The Morgan fingerprint density at radius 3 is 1.90 bits per heavy atom. The van der Waals surface area contributed by atoms with Crippen molar-refractivity contribution in [1.82, 2.24) is 0 Å². The Hall–Kier alpha value is -1.54. The molecule has 0 unspecified atom stereocenters. The summed E-state index contributed by atoms with van der Waals surface area (Å²) in [5.74, 6) is -1.47. The first-order valence-electron chi connectivity index (χ1n) is 10.1. The van der Waals surface area contributed by atoms with E-state index in [9.17, 15) is 10.2 Å². The minimum absolute atomic E-state index is 0.134. The molecule has 3 rings (SSSR count). The smallest absolute Gasteiger partial charge is 0.261 e. The lowest BCUT2D eigenvalue weighted by Crippen LogP contribution is -2.66. The molecule has 0 bridgehead atoms. The van der Waals surface area contributed by atoms with E-state index in [4.69, 9.17) is 14.2 Å². The van der Waals surface area contributed by atoms with E-state index < -0.39 is 19.7 Å². The second-order valence-electron chi connectivity index (χ2n) is 9.16. The van der Waals surface area contributed by atoms with E-state index in [0.717, 1.165) is 0 Å². The van der Waals surface area contributed by atoms with Gasteiger partial charge in [-0.05, 0) is 22.3 Å². The van der Waals surface area contributed by atoms with Crippen molar-refractivity contribution in [2.45, 2.75) is 57.0 Å². The summed E-state index contributed by atoms with van der Waals surface area (Å²) in [6.45, 7) is 8.46. The van der Waals surface area contributed by atoms with Gasteiger partial charge >= 0.3 is 0 Å². The van der Waals surface area contributed by atoms with Crippen LogP contribution in [0.1, 0.15) is 40.5 Å². The van der Waals surface area contributed by atoms with Gasteiger partial charge in [-0.15, -0.1) is 0 Å². The minimum Gasteiger partial charge on any atom is -0.407 e. The maximum Gasteiger partial charge on any atom is 0.261 e. The Labute approximate surface area is 174 Å². The standard InChI is InChI=1S/C23H32O5Si/c1-21(2,3)29(19-11-7-5-8-12-19,20-13-9-6-10-14-20)26-16-15-23(25)17-22(4,18-24)27-28-23/h5-14,24-25H,15-18H2,1-4H3/t22-,23+/m1/s1. The van der Waals surface area contributed by atoms with Gasteiger partial charge in [-0.2, -0.15) is 0 Å². The lowest BCUT2D eigenvalue weighted by Gasteiger charge is -2.43. The number of aliphatic hydroxyl groups is 2. The second-order valence-corrected chi connectivity index (χ2v) is 13.5. The predicted octanol–water partition coefficient (Wildman–Crippen LogP) is 2.74. The van der Waals surface area contributed by atoms with Crippen molar-refractivity contribution < 1.29 is 24.4 Å². The highest BCUT2D eigenvalue weighted by Crippen LogP contribution is 2.39. The van der Waals surface area contributed by atoms with Gasteiger partial charge in [0.1, 0.15) is 5.60 Å². The SMILES string of the molecule is CC(C)(C)[Si](OCC[C@@]1(O)C[C@](C)(CO)OO1)(c1ccccc1)c1ccccc1. The van der Waals surface area contributed by atoms with Crippen molar-refractivity contribution in [2.75, 3.05) is 13.2 Å². The molecule has 2 atom stereocenters. The van der Waals surface area contributed by atoms with Gasteiger partial charge in [0.05, 0.1) is 6.61 Å². The van der Waals surface area contributed by atoms with Crippen LogP contribution < -0.4 is 10.4 Å². The summed E-state index contributed by atoms with van der Waals surface area (Å²) in [4.78, 5) is 10.4. The summed E-state index contributed by atoms with van der Waals surface area (Å²) in [6, 6.07) is 20.7. The molecule has 2 aromatic carbocycles. The number of hydrogen-bond donors (Lipinski definition) is 2. The van der Waals surface area contributed by atoms with Gasteiger partial charge in [-0.25, -0.2) is 9.78 Å². The van der Waals surface area contributed by atoms with Crippen LogP contribution in [0.15, 0.2) is 60.7 Å². The van der Waals surface area contributed by atoms with Crippen molar-refractivity contribution >= 4 is 18.7 Å². The van der Waals surface area contributed by atoms with Crippen molar-refractivity contribution in [2.24, 2.45) is 0 Å². The first-order valence-corrected chi connectivity index (χ1v) is 12.0. The molecule has 29 heavy (non-hydrogen) atoms. The zero-order valence-corrected chi connectivity index (χ0v) is 18.7. The largest absolute Gasteiger partial charge is 0.407 e. The molecular formula is C23H32O5Si. The maximum atomic E-state index is 10.8. The average molecular weight is 417 g/mol. The summed E-state index contributed by atoms with van der Waals surface area (Å²) >= 11 is 0. The van der Waals surface area contributed by atoms with E-state index >= 15 is 0 Å². The van der Waals surface area contributed by atoms with Crippen LogP contribution in [0.25, 0.3) is 0 Å². The van der Waals surface area contributed by atoms with Crippen LogP contribution in [-0.2, 0) is 14.2 Å². The van der Waals surface area contributed by atoms with E-state index in [-0.39, 0.29) is 24.5 Å². The topological polar surface area (TPSA) is 68.2 Å². The zero-order valence-electron chi connectivity index (χ0n) is 17.7. The summed E-state index contributed by atoms with van der Waals surface area (Å²) in [5.41, 5.74) is -0.897. The molecule has 0 aromatic heterocycles. The Kier molecular flexibility index (Phi) is 6.34. The van der Waals surface area contributed by atoms with Crippen molar-refractivity contribution in [3.05, 3.63) is 60.7 Å². The molecule has 1 heterocycles. The van der Waals surface area contributed by atoms with Crippen molar-refractivity contribution in [3.63, 3.8) is 0 Å². The minimum atomic E-state index is -2.66. The Balaban J connectivity index is 1.91. The fourth-order valence-corrected chi connectivity index (χ4v) is 8.72. The first-order chi connectivity index (χ1) is 13.6. The highest BCUT2D eigenvalue weighted by Gasteiger charge is 2.52. The summed E-state index contributed by atoms with van der Waals surface area (Å²) in [5, 5.41) is 22.5. The molecule has 5 nitrogen and oxygen atoms in total.